The van der Waals surface area contributed by atoms with Crippen molar-refractivity contribution < 1.29 is 4.79 Å². The van der Waals surface area contributed by atoms with Crippen LogP contribution in [0.25, 0.3) is 16.8 Å². The van der Waals surface area contributed by atoms with Crippen molar-refractivity contribution in [3.05, 3.63) is 90.9 Å². The van der Waals surface area contributed by atoms with Crippen molar-refractivity contribution in [2.45, 2.75) is 0 Å². The quantitative estimate of drug-likeness (QED) is 0.563. The third-order valence-electron chi connectivity index (χ3n) is 4.23. The van der Waals surface area contributed by atoms with Gasteiger partial charge in [0, 0.05) is 30.7 Å². The number of hydrogen-bond donors (Lipinski definition) is 0. The van der Waals surface area contributed by atoms with E-state index in [1.807, 2.05) is 83.4 Å². The summed E-state index contributed by atoms with van der Waals surface area (Å²) < 4.78 is 1.95. The number of rotatable bonds is 3. The van der Waals surface area contributed by atoms with Crippen LogP contribution in [-0.2, 0) is 0 Å². The molecule has 0 bridgehead atoms. The van der Waals surface area contributed by atoms with Gasteiger partial charge in [0.2, 0.25) is 0 Å². The SMILES string of the molecule is CN(C(=O)c1cn2cccc2c(-c2ccccc2)n1)c1ccccc1. The second kappa shape index (κ2) is 6.24. The van der Waals surface area contributed by atoms with E-state index in [-0.39, 0.29) is 5.91 Å². The lowest BCUT2D eigenvalue weighted by molar-refractivity contribution is 0.0988. The van der Waals surface area contributed by atoms with Crippen LogP contribution < -0.4 is 4.90 Å². The molecule has 0 saturated carbocycles. The van der Waals surface area contributed by atoms with Gasteiger partial charge in [-0.25, -0.2) is 4.98 Å². The van der Waals surface area contributed by atoms with Gasteiger partial charge >= 0.3 is 0 Å². The van der Waals surface area contributed by atoms with Crippen LogP contribution in [0, 0.1) is 0 Å². The summed E-state index contributed by atoms with van der Waals surface area (Å²) in [6, 6.07) is 23.5. The average molecular weight is 327 g/mol. The van der Waals surface area contributed by atoms with Crippen molar-refractivity contribution in [2.75, 3.05) is 11.9 Å². The van der Waals surface area contributed by atoms with E-state index in [9.17, 15) is 4.79 Å². The van der Waals surface area contributed by atoms with Gasteiger partial charge < -0.3 is 9.30 Å². The van der Waals surface area contributed by atoms with Crippen molar-refractivity contribution in [3.63, 3.8) is 0 Å². The minimum atomic E-state index is -0.140. The van der Waals surface area contributed by atoms with Gasteiger partial charge in [0.05, 0.1) is 11.2 Å². The minimum Gasteiger partial charge on any atom is -0.319 e. The van der Waals surface area contributed by atoms with E-state index < -0.39 is 0 Å². The lowest BCUT2D eigenvalue weighted by Crippen LogP contribution is -2.27. The molecule has 4 aromatic rings. The summed E-state index contributed by atoms with van der Waals surface area (Å²) in [6.45, 7) is 0. The predicted molar refractivity (Wildman–Crippen MR) is 99.8 cm³/mol. The number of carbonyl (C=O) groups is 1. The fourth-order valence-corrected chi connectivity index (χ4v) is 2.90. The summed E-state index contributed by atoms with van der Waals surface area (Å²) in [6.07, 6.45) is 3.71. The average Bonchev–Trinajstić information content (AvgIpc) is 3.16. The van der Waals surface area contributed by atoms with Gasteiger partial charge in [0.1, 0.15) is 5.69 Å². The van der Waals surface area contributed by atoms with Crippen LogP contribution >= 0.6 is 0 Å². The summed E-state index contributed by atoms with van der Waals surface area (Å²) in [5, 5.41) is 0. The molecule has 2 heterocycles. The van der Waals surface area contributed by atoms with Crippen LogP contribution in [0.1, 0.15) is 10.5 Å². The lowest BCUT2D eigenvalue weighted by Gasteiger charge is -2.17. The van der Waals surface area contributed by atoms with E-state index in [4.69, 9.17) is 0 Å². The fraction of sp³-hybridized carbons (Fsp3) is 0.0476. The molecule has 1 amide bonds. The minimum absolute atomic E-state index is 0.140. The number of anilines is 1. The highest BCUT2D eigenvalue weighted by molar-refractivity contribution is 6.04. The van der Waals surface area contributed by atoms with Crippen LogP contribution in [-0.4, -0.2) is 22.3 Å². The van der Waals surface area contributed by atoms with Gasteiger partial charge in [0.15, 0.2) is 0 Å². The smallest absolute Gasteiger partial charge is 0.278 e. The van der Waals surface area contributed by atoms with Crippen molar-refractivity contribution in [1.29, 1.82) is 0 Å². The Bertz CT molecular complexity index is 1020. The molecule has 0 saturated heterocycles. The highest BCUT2D eigenvalue weighted by atomic mass is 16.2. The summed E-state index contributed by atoms with van der Waals surface area (Å²) in [5.74, 6) is -0.140. The number of benzene rings is 2. The number of nitrogens with zero attached hydrogens (tertiary/aromatic N) is 3. The molecule has 4 heteroatoms. The molecule has 122 valence electrons. The molecule has 0 atom stereocenters. The Morgan fingerprint density at radius 1 is 0.920 bits per heavy atom. The maximum Gasteiger partial charge on any atom is 0.278 e. The topological polar surface area (TPSA) is 37.6 Å². The molecule has 0 aliphatic rings. The van der Waals surface area contributed by atoms with Crippen LogP contribution in [0.4, 0.5) is 5.69 Å². The zero-order chi connectivity index (χ0) is 17.2. The highest BCUT2D eigenvalue weighted by Gasteiger charge is 2.18. The van der Waals surface area contributed by atoms with Gasteiger partial charge in [-0.2, -0.15) is 0 Å². The second-order valence-corrected chi connectivity index (χ2v) is 5.84. The summed E-state index contributed by atoms with van der Waals surface area (Å²) in [7, 11) is 1.77. The molecule has 25 heavy (non-hydrogen) atoms. The Balaban J connectivity index is 1.82. The number of carbonyl (C=O) groups excluding carboxylic acids is 1. The van der Waals surface area contributed by atoms with Gasteiger partial charge in [-0.15, -0.1) is 0 Å². The number of fused-ring (bicyclic) bond motifs is 1. The first-order valence-corrected chi connectivity index (χ1v) is 8.10. The van der Waals surface area contributed by atoms with Crippen molar-refractivity contribution in [1.82, 2.24) is 9.38 Å². The van der Waals surface area contributed by atoms with Crippen molar-refractivity contribution in [2.24, 2.45) is 0 Å². The molecular formula is C21H17N3O. The molecule has 0 N–H and O–H groups in total. The molecule has 0 aliphatic carbocycles. The Hall–Kier alpha value is -3.40. The number of hydrogen-bond acceptors (Lipinski definition) is 2. The molecule has 0 radical (unpaired) electrons. The Morgan fingerprint density at radius 3 is 2.32 bits per heavy atom. The van der Waals surface area contributed by atoms with Crippen LogP contribution in [0.5, 0.6) is 0 Å². The molecule has 0 aliphatic heterocycles. The second-order valence-electron chi connectivity index (χ2n) is 5.84. The number of para-hydroxylation sites is 1. The van der Waals surface area contributed by atoms with E-state index in [0.29, 0.717) is 5.69 Å². The molecule has 2 aromatic carbocycles. The maximum atomic E-state index is 12.9. The van der Waals surface area contributed by atoms with Gasteiger partial charge in [-0.3, -0.25) is 4.79 Å². The van der Waals surface area contributed by atoms with Crippen molar-refractivity contribution >= 4 is 17.1 Å². The Kier molecular flexibility index (Phi) is 3.78. The van der Waals surface area contributed by atoms with Crippen LogP contribution in [0.15, 0.2) is 85.2 Å². The largest absolute Gasteiger partial charge is 0.319 e. The maximum absolute atomic E-state index is 12.9. The fourth-order valence-electron chi connectivity index (χ4n) is 2.90. The zero-order valence-corrected chi connectivity index (χ0v) is 13.8. The van der Waals surface area contributed by atoms with Crippen molar-refractivity contribution in [3.8, 4) is 11.3 Å². The van der Waals surface area contributed by atoms with Crippen LogP contribution in [0.2, 0.25) is 0 Å². The monoisotopic (exact) mass is 327 g/mol. The Labute approximate surface area is 146 Å². The number of amides is 1. The van der Waals surface area contributed by atoms with E-state index >= 15 is 0 Å². The normalized spacial score (nSPS) is 10.8. The first kappa shape index (κ1) is 15.1. The predicted octanol–water partition coefficient (Wildman–Crippen LogP) is 4.28. The molecule has 0 fully saturated rings. The molecule has 4 rings (SSSR count). The van der Waals surface area contributed by atoms with Crippen LogP contribution in [0.3, 0.4) is 0 Å². The molecule has 0 unspecified atom stereocenters. The van der Waals surface area contributed by atoms with E-state index in [1.165, 1.54) is 0 Å². The standard InChI is InChI=1S/C21H17N3O/c1-23(17-11-6-3-7-12-17)21(25)18-15-24-14-8-13-19(24)20(22-18)16-9-4-2-5-10-16/h2-15H,1H3. The molecule has 0 spiro atoms. The summed E-state index contributed by atoms with van der Waals surface area (Å²) in [4.78, 5) is 19.2. The summed E-state index contributed by atoms with van der Waals surface area (Å²) >= 11 is 0. The lowest BCUT2D eigenvalue weighted by atomic mass is 10.1. The third-order valence-corrected chi connectivity index (χ3v) is 4.23. The molecule has 4 nitrogen and oxygen atoms in total. The third kappa shape index (κ3) is 2.78. The van der Waals surface area contributed by atoms with E-state index in [0.717, 1.165) is 22.5 Å². The Morgan fingerprint density at radius 2 is 1.60 bits per heavy atom. The van der Waals surface area contributed by atoms with E-state index in [2.05, 4.69) is 4.98 Å². The molecule has 2 aromatic heterocycles. The van der Waals surface area contributed by atoms with Gasteiger partial charge in [-0.1, -0.05) is 48.5 Å². The zero-order valence-electron chi connectivity index (χ0n) is 13.8. The van der Waals surface area contributed by atoms with E-state index in [1.54, 1.807) is 18.1 Å². The number of aromatic nitrogens is 2. The first-order valence-electron chi connectivity index (χ1n) is 8.10. The highest BCUT2D eigenvalue weighted by Crippen LogP contribution is 2.24. The molecular weight excluding hydrogens is 310 g/mol. The summed E-state index contributed by atoms with van der Waals surface area (Å²) in [5.41, 5.74) is 4.02. The van der Waals surface area contributed by atoms with Gasteiger partial charge in [0.25, 0.3) is 5.91 Å². The van der Waals surface area contributed by atoms with Gasteiger partial charge in [-0.05, 0) is 24.3 Å². The first-order chi connectivity index (χ1) is 12.2.